The summed E-state index contributed by atoms with van der Waals surface area (Å²) in [6.07, 6.45) is -0.865. The Morgan fingerprint density at radius 2 is 1.68 bits per heavy atom. The molecular weight excluding hydrogens is 348 g/mol. The highest BCUT2D eigenvalue weighted by atomic mass is 79.9. The minimum atomic E-state index is -0.865. The SMILES string of the molecule is CC(C)N(C(=O)[C@H](C)OC(=O)c1cc(Br)ccc1N)C(C)C. The molecule has 6 heteroatoms. The molecular formula is C16H23BrN2O3. The molecule has 0 saturated carbocycles. The smallest absolute Gasteiger partial charge is 0.341 e. The molecule has 0 saturated heterocycles. The highest BCUT2D eigenvalue weighted by Gasteiger charge is 2.28. The van der Waals surface area contributed by atoms with Gasteiger partial charge >= 0.3 is 5.97 Å². The van der Waals surface area contributed by atoms with Crippen LogP contribution in [-0.2, 0) is 9.53 Å². The predicted molar refractivity (Wildman–Crippen MR) is 90.5 cm³/mol. The molecule has 0 bridgehead atoms. The van der Waals surface area contributed by atoms with E-state index in [4.69, 9.17) is 10.5 Å². The van der Waals surface area contributed by atoms with Gasteiger partial charge in [0.25, 0.3) is 5.91 Å². The molecule has 1 rings (SSSR count). The molecule has 1 atom stereocenters. The van der Waals surface area contributed by atoms with Crippen molar-refractivity contribution >= 4 is 33.5 Å². The Kier molecular flexibility index (Phi) is 6.41. The van der Waals surface area contributed by atoms with Crippen molar-refractivity contribution in [3.63, 3.8) is 0 Å². The van der Waals surface area contributed by atoms with Gasteiger partial charge in [-0.05, 0) is 52.8 Å². The zero-order valence-corrected chi connectivity index (χ0v) is 15.2. The molecule has 1 amide bonds. The average molecular weight is 371 g/mol. The number of benzene rings is 1. The van der Waals surface area contributed by atoms with Crippen LogP contribution in [0.4, 0.5) is 5.69 Å². The van der Waals surface area contributed by atoms with Crippen molar-refractivity contribution in [2.75, 3.05) is 5.73 Å². The molecule has 0 radical (unpaired) electrons. The monoisotopic (exact) mass is 370 g/mol. The van der Waals surface area contributed by atoms with Crippen molar-refractivity contribution in [1.29, 1.82) is 0 Å². The van der Waals surface area contributed by atoms with Gasteiger partial charge in [0.15, 0.2) is 6.10 Å². The maximum Gasteiger partial charge on any atom is 0.341 e. The second kappa shape index (κ2) is 7.63. The van der Waals surface area contributed by atoms with Gasteiger partial charge in [-0.1, -0.05) is 15.9 Å². The van der Waals surface area contributed by atoms with Gasteiger partial charge in [0.2, 0.25) is 0 Å². The van der Waals surface area contributed by atoms with E-state index in [1.165, 1.54) is 0 Å². The summed E-state index contributed by atoms with van der Waals surface area (Å²) in [5, 5.41) is 0. The van der Waals surface area contributed by atoms with Crippen LogP contribution in [0.1, 0.15) is 45.0 Å². The van der Waals surface area contributed by atoms with Crippen LogP contribution in [-0.4, -0.2) is 35.0 Å². The average Bonchev–Trinajstić information content (AvgIpc) is 2.40. The lowest BCUT2D eigenvalue weighted by molar-refractivity contribution is -0.143. The third kappa shape index (κ3) is 4.47. The summed E-state index contributed by atoms with van der Waals surface area (Å²) in [6, 6.07) is 4.99. The standard InChI is InChI=1S/C16H23BrN2O3/c1-9(2)19(10(3)4)15(20)11(5)22-16(21)13-8-12(17)6-7-14(13)18/h6-11H,18H2,1-5H3/t11-/m0/s1. The number of rotatable bonds is 5. The lowest BCUT2D eigenvalue weighted by Gasteiger charge is -2.32. The number of hydrogen-bond donors (Lipinski definition) is 1. The van der Waals surface area contributed by atoms with Gasteiger partial charge in [-0.2, -0.15) is 0 Å². The Labute approximate surface area is 139 Å². The number of hydrogen-bond acceptors (Lipinski definition) is 4. The summed E-state index contributed by atoms with van der Waals surface area (Å²) in [5.41, 5.74) is 6.34. The lowest BCUT2D eigenvalue weighted by atomic mass is 10.1. The van der Waals surface area contributed by atoms with Gasteiger partial charge < -0.3 is 15.4 Å². The van der Waals surface area contributed by atoms with Crippen LogP contribution >= 0.6 is 15.9 Å². The van der Waals surface area contributed by atoms with Crippen LogP contribution in [0, 0.1) is 0 Å². The Morgan fingerprint density at radius 1 is 1.14 bits per heavy atom. The molecule has 1 aromatic rings. The van der Waals surface area contributed by atoms with Crippen LogP contribution in [0.25, 0.3) is 0 Å². The quantitative estimate of drug-likeness (QED) is 0.637. The van der Waals surface area contributed by atoms with E-state index in [2.05, 4.69) is 15.9 Å². The number of amides is 1. The molecule has 0 fully saturated rings. The maximum absolute atomic E-state index is 12.5. The first-order valence-electron chi connectivity index (χ1n) is 7.23. The molecule has 0 aliphatic rings. The predicted octanol–water partition coefficient (Wildman–Crippen LogP) is 3.22. The maximum atomic E-state index is 12.5. The topological polar surface area (TPSA) is 72.6 Å². The van der Waals surface area contributed by atoms with Crippen molar-refractivity contribution in [3.8, 4) is 0 Å². The van der Waals surface area contributed by atoms with Gasteiger partial charge in [-0.25, -0.2) is 4.79 Å². The highest BCUT2D eigenvalue weighted by Crippen LogP contribution is 2.20. The number of nitrogen functional groups attached to an aromatic ring is 1. The Bertz CT molecular complexity index is 550. The minimum absolute atomic E-state index is 0.0320. The fraction of sp³-hybridized carbons (Fsp3) is 0.500. The van der Waals surface area contributed by atoms with E-state index in [-0.39, 0.29) is 23.6 Å². The van der Waals surface area contributed by atoms with Crippen molar-refractivity contribution in [3.05, 3.63) is 28.2 Å². The van der Waals surface area contributed by atoms with E-state index in [9.17, 15) is 9.59 Å². The number of halogens is 1. The van der Waals surface area contributed by atoms with Gasteiger partial charge in [-0.15, -0.1) is 0 Å². The third-order valence-corrected chi connectivity index (χ3v) is 3.73. The number of carbonyl (C=O) groups is 2. The van der Waals surface area contributed by atoms with Crippen LogP contribution < -0.4 is 5.73 Å². The largest absolute Gasteiger partial charge is 0.449 e. The molecule has 1 aromatic carbocycles. The Balaban J connectivity index is 2.87. The first kappa shape index (κ1) is 18.5. The molecule has 0 aliphatic heterocycles. The molecule has 0 aromatic heterocycles. The number of nitrogens with two attached hydrogens (primary N) is 1. The zero-order valence-electron chi connectivity index (χ0n) is 13.6. The summed E-state index contributed by atoms with van der Waals surface area (Å²) < 4.78 is 6.01. The van der Waals surface area contributed by atoms with Gasteiger partial charge in [0.1, 0.15) is 0 Å². The fourth-order valence-corrected chi connectivity index (χ4v) is 2.66. The Hall–Kier alpha value is -1.56. The summed E-state index contributed by atoms with van der Waals surface area (Å²) in [5.74, 6) is -0.820. The number of esters is 1. The number of anilines is 1. The van der Waals surface area contributed by atoms with Crippen LogP contribution in [0.5, 0.6) is 0 Å². The molecule has 5 nitrogen and oxygen atoms in total. The van der Waals surface area contributed by atoms with E-state index in [1.54, 1.807) is 30.0 Å². The van der Waals surface area contributed by atoms with E-state index in [0.717, 1.165) is 4.47 Å². The molecule has 0 heterocycles. The summed E-state index contributed by atoms with van der Waals surface area (Å²) in [7, 11) is 0. The first-order valence-corrected chi connectivity index (χ1v) is 8.02. The minimum Gasteiger partial charge on any atom is -0.449 e. The molecule has 0 spiro atoms. The van der Waals surface area contributed by atoms with Crippen molar-refractivity contribution in [1.82, 2.24) is 4.90 Å². The second-order valence-corrected chi connectivity index (χ2v) is 6.63. The van der Waals surface area contributed by atoms with Gasteiger partial charge in [-0.3, -0.25) is 4.79 Å². The van der Waals surface area contributed by atoms with Crippen LogP contribution in [0.15, 0.2) is 22.7 Å². The molecule has 122 valence electrons. The van der Waals surface area contributed by atoms with E-state index >= 15 is 0 Å². The first-order chi connectivity index (χ1) is 10.1. The van der Waals surface area contributed by atoms with Crippen LogP contribution in [0.2, 0.25) is 0 Å². The molecule has 0 aliphatic carbocycles. The van der Waals surface area contributed by atoms with E-state index in [0.29, 0.717) is 5.69 Å². The van der Waals surface area contributed by atoms with Crippen LogP contribution in [0.3, 0.4) is 0 Å². The number of ether oxygens (including phenoxy) is 1. The molecule has 2 N–H and O–H groups in total. The van der Waals surface area contributed by atoms with Gasteiger partial charge in [0, 0.05) is 22.2 Å². The van der Waals surface area contributed by atoms with Gasteiger partial charge in [0.05, 0.1) is 5.56 Å². The van der Waals surface area contributed by atoms with Crippen molar-refractivity contribution in [2.45, 2.75) is 52.8 Å². The Morgan fingerprint density at radius 3 is 2.18 bits per heavy atom. The summed E-state index contributed by atoms with van der Waals surface area (Å²) in [4.78, 5) is 26.4. The van der Waals surface area contributed by atoms with Crippen molar-refractivity contribution in [2.24, 2.45) is 0 Å². The fourth-order valence-electron chi connectivity index (χ4n) is 2.29. The third-order valence-electron chi connectivity index (χ3n) is 3.23. The highest BCUT2D eigenvalue weighted by molar-refractivity contribution is 9.10. The summed E-state index contributed by atoms with van der Waals surface area (Å²) in [6.45, 7) is 9.29. The molecule has 0 unspecified atom stereocenters. The zero-order chi connectivity index (χ0) is 17.0. The molecule has 22 heavy (non-hydrogen) atoms. The normalized spacial score (nSPS) is 12.4. The number of carbonyl (C=O) groups excluding carboxylic acids is 2. The lowest BCUT2D eigenvalue weighted by Crippen LogP contribution is -2.47. The summed E-state index contributed by atoms with van der Waals surface area (Å²) >= 11 is 3.28. The number of nitrogens with zero attached hydrogens (tertiary/aromatic N) is 1. The van der Waals surface area contributed by atoms with Crippen molar-refractivity contribution < 1.29 is 14.3 Å². The van der Waals surface area contributed by atoms with E-state index < -0.39 is 12.1 Å². The van der Waals surface area contributed by atoms with E-state index in [1.807, 2.05) is 27.7 Å². The second-order valence-electron chi connectivity index (χ2n) is 5.71.